The van der Waals surface area contributed by atoms with E-state index in [1.54, 1.807) is 28.7 Å². The highest BCUT2D eigenvalue weighted by atomic mass is 16.5. The third-order valence-electron chi connectivity index (χ3n) is 2.93. The fourth-order valence-corrected chi connectivity index (χ4v) is 1.88. The second-order valence-corrected chi connectivity index (χ2v) is 4.34. The predicted molar refractivity (Wildman–Crippen MR) is 72.9 cm³/mol. The Morgan fingerprint density at radius 1 is 1.43 bits per heavy atom. The molecule has 2 aromatic rings. The highest BCUT2D eigenvalue weighted by molar-refractivity contribution is 5.97. The summed E-state index contributed by atoms with van der Waals surface area (Å²) in [6.45, 7) is -0.231. The van der Waals surface area contributed by atoms with Crippen LogP contribution in [0.1, 0.15) is 10.4 Å². The van der Waals surface area contributed by atoms with Crippen LogP contribution in [0.3, 0.4) is 0 Å². The molecule has 0 aliphatic carbocycles. The van der Waals surface area contributed by atoms with Gasteiger partial charge in [0.2, 0.25) is 0 Å². The quantitative estimate of drug-likeness (QED) is 0.722. The number of hydrogen-bond donors (Lipinski definition) is 2. The molecule has 2 N–H and O–H groups in total. The fraction of sp³-hybridized carbons (Fsp3) is 0.308. The number of carbonyl (C=O) groups excluding carboxylic acids is 2. The van der Waals surface area contributed by atoms with Gasteiger partial charge in [0.15, 0.2) is 6.10 Å². The number of aryl methyl sites for hydroxylation is 1. The zero-order valence-corrected chi connectivity index (χ0v) is 11.7. The van der Waals surface area contributed by atoms with Crippen LogP contribution in [0.15, 0.2) is 30.7 Å². The number of rotatable bonds is 5. The standard InChI is InChI=1S/C13H16N4O4/c1-16-12(17-5-3-4-6-17)9(7-15-16)11(19)14-8-10(18)13(20)21-2/h3-7,10,18H,8H2,1-2H3,(H,14,19). The lowest BCUT2D eigenvalue weighted by atomic mass is 10.3. The first-order valence-electron chi connectivity index (χ1n) is 6.24. The number of nitrogens with zero attached hydrogens (tertiary/aromatic N) is 3. The van der Waals surface area contributed by atoms with Gasteiger partial charge in [-0.1, -0.05) is 0 Å². The Bertz CT molecular complexity index is 633. The third-order valence-corrected chi connectivity index (χ3v) is 2.93. The van der Waals surface area contributed by atoms with Crippen molar-refractivity contribution in [1.82, 2.24) is 19.7 Å². The Morgan fingerprint density at radius 3 is 2.71 bits per heavy atom. The average molecular weight is 292 g/mol. The van der Waals surface area contributed by atoms with Gasteiger partial charge < -0.3 is 19.7 Å². The molecule has 8 heteroatoms. The Hall–Kier alpha value is -2.61. The number of esters is 1. The maximum Gasteiger partial charge on any atom is 0.336 e. The number of amides is 1. The molecule has 21 heavy (non-hydrogen) atoms. The molecule has 0 saturated carbocycles. The molecule has 8 nitrogen and oxygen atoms in total. The summed E-state index contributed by atoms with van der Waals surface area (Å²) in [6, 6.07) is 3.66. The van der Waals surface area contributed by atoms with Crippen molar-refractivity contribution >= 4 is 11.9 Å². The van der Waals surface area contributed by atoms with Crippen LogP contribution in [-0.4, -0.2) is 51.1 Å². The van der Waals surface area contributed by atoms with Crippen LogP contribution in [0.2, 0.25) is 0 Å². The van der Waals surface area contributed by atoms with Gasteiger partial charge in [-0.25, -0.2) is 4.79 Å². The maximum atomic E-state index is 12.1. The van der Waals surface area contributed by atoms with Crippen molar-refractivity contribution in [3.05, 3.63) is 36.3 Å². The average Bonchev–Trinajstić information content (AvgIpc) is 3.12. The molecule has 1 amide bonds. The van der Waals surface area contributed by atoms with Crippen LogP contribution in [0, 0.1) is 0 Å². The fourth-order valence-electron chi connectivity index (χ4n) is 1.88. The summed E-state index contributed by atoms with van der Waals surface area (Å²) in [6.07, 6.45) is 3.61. The lowest BCUT2D eigenvalue weighted by molar-refractivity contribution is -0.149. The van der Waals surface area contributed by atoms with E-state index in [0.717, 1.165) is 0 Å². The lowest BCUT2D eigenvalue weighted by Crippen LogP contribution is -2.37. The zero-order valence-electron chi connectivity index (χ0n) is 11.7. The summed E-state index contributed by atoms with van der Waals surface area (Å²) < 4.78 is 7.69. The minimum absolute atomic E-state index is 0.231. The molecule has 1 atom stereocenters. The number of carbonyl (C=O) groups is 2. The van der Waals surface area contributed by atoms with Gasteiger partial charge in [0, 0.05) is 19.4 Å². The SMILES string of the molecule is COC(=O)C(O)CNC(=O)c1cnn(C)c1-n1cccc1. The second-order valence-electron chi connectivity index (χ2n) is 4.34. The van der Waals surface area contributed by atoms with Gasteiger partial charge in [0.05, 0.1) is 19.9 Å². The number of hydrogen-bond acceptors (Lipinski definition) is 5. The number of ether oxygens (including phenoxy) is 1. The first-order chi connectivity index (χ1) is 10.0. The summed E-state index contributed by atoms with van der Waals surface area (Å²) in [5.41, 5.74) is 0.339. The molecule has 0 aromatic carbocycles. The molecule has 0 radical (unpaired) electrons. The number of aliphatic hydroxyl groups is 1. The van der Waals surface area contributed by atoms with Crippen LogP contribution in [0.4, 0.5) is 0 Å². The van der Waals surface area contributed by atoms with Crippen molar-refractivity contribution in [3.63, 3.8) is 0 Å². The number of aromatic nitrogens is 3. The highest BCUT2D eigenvalue weighted by Gasteiger charge is 2.20. The largest absolute Gasteiger partial charge is 0.467 e. The van der Waals surface area contributed by atoms with Crippen LogP contribution in [-0.2, 0) is 16.6 Å². The Balaban J connectivity index is 2.12. The molecule has 0 saturated heterocycles. The molecule has 0 fully saturated rings. The molecule has 0 spiro atoms. The molecular formula is C13H16N4O4. The molecule has 0 aliphatic rings. The molecule has 2 aromatic heterocycles. The van der Waals surface area contributed by atoms with E-state index in [1.807, 2.05) is 12.1 Å². The van der Waals surface area contributed by atoms with Crippen LogP contribution in [0.25, 0.3) is 5.82 Å². The van der Waals surface area contributed by atoms with Crippen molar-refractivity contribution in [2.75, 3.05) is 13.7 Å². The van der Waals surface area contributed by atoms with Crippen molar-refractivity contribution in [2.24, 2.45) is 7.05 Å². The Kier molecular flexibility index (Phi) is 4.39. The number of methoxy groups -OCH3 is 1. The molecule has 1 unspecified atom stereocenters. The predicted octanol–water partition coefficient (Wildman–Crippen LogP) is -0.525. The van der Waals surface area contributed by atoms with Crippen molar-refractivity contribution < 1.29 is 19.4 Å². The smallest absolute Gasteiger partial charge is 0.336 e. The summed E-state index contributed by atoms with van der Waals surface area (Å²) in [4.78, 5) is 23.2. The molecule has 0 aliphatic heterocycles. The number of aliphatic hydroxyl groups excluding tert-OH is 1. The van der Waals surface area contributed by atoms with Gasteiger partial charge in [-0.15, -0.1) is 0 Å². The third kappa shape index (κ3) is 3.11. The van der Waals surface area contributed by atoms with E-state index in [0.29, 0.717) is 11.4 Å². The van der Waals surface area contributed by atoms with E-state index in [2.05, 4.69) is 15.2 Å². The van der Waals surface area contributed by atoms with Gasteiger partial charge in [-0.05, 0) is 12.1 Å². The van der Waals surface area contributed by atoms with Crippen molar-refractivity contribution in [1.29, 1.82) is 0 Å². The van der Waals surface area contributed by atoms with E-state index in [9.17, 15) is 14.7 Å². The van der Waals surface area contributed by atoms with Gasteiger partial charge in [-0.2, -0.15) is 5.10 Å². The van der Waals surface area contributed by atoms with Crippen LogP contribution >= 0.6 is 0 Å². The summed E-state index contributed by atoms with van der Waals surface area (Å²) in [5.74, 6) is -0.646. The minimum Gasteiger partial charge on any atom is -0.467 e. The maximum absolute atomic E-state index is 12.1. The van der Waals surface area contributed by atoms with Crippen LogP contribution < -0.4 is 5.32 Å². The molecule has 0 bridgehead atoms. The number of nitrogens with one attached hydrogen (secondary N) is 1. The highest BCUT2D eigenvalue weighted by Crippen LogP contribution is 2.13. The summed E-state index contributed by atoms with van der Waals surface area (Å²) in [7, 11) is 2.88. The lowest BCUT2D eigenvalue weighted by Gasteiger charge is -2.11. The summed E-state index contributed by atoms with van der Waals surface area (Å²) >= 11 is 0. The first-order valence-corrected chi connectivity index (χ1v) is 6.24. The van der Waals surface area contributed by atoms with Crippen molar-refractivity contribution in [3.8, 4) is 5.82 Å². The Labute approximate surface area is 120 Å². The van der Waals surface area contributed by atoms with E-state index in [1.165, 1.54) is 13.3 Å². The monoisotopic (exact) mass is 292 g/mol. The molecule has 112 valence electrons. The molecular weight excluding hydrogens is 276 g/mol. The zero-order chi connectivity index (χ0) is 15.4. The van der Waals surface area contributed by atoms with E-state index in [-0.39, 0.29) is 6.54 Å². The van der Waals surface area contributed by atoms with Gasteiger partial charge in [0.25, 0.3) is 5.91 Å². The van der Waals surface area contributed by atoms with E-state index < -0.39 is 18.0 Å². The first kappa shape index (κ1) is 14.8. The normalized spacial score (nSPS) is 12.0. The summed E-state index contributed by atoms with van der Waals surface area (Å²) in [5, 5.41) is 16.0. The molecule has 2 rings (SSSR count). The second kappa shape index (κ2) is 6.23. The topological polar surface area (TPSA) is 98.4 Å². The minimum atomic E-state index is -1.40. The Morgan fingerprint density at radius 2 is 2.10 bits per heavy atom. The molecule has 2 heterocycles. The van der Waals surface area contributed by atoms with Crippen LogP contribution in [0.5, 0.6) is 0 Å². The van der Waals surface area contributed by atoms with Crippen molar-refractivity contribution in [2.45, 2.75) is 6.10 Å². The van der Waals surface area contributed by atoms with Gasteiger partial charge in [0.1, 0.15) is 11.4 Å². The van der Waals surface area contributed by atoms with Gasteiger partial charge >= 0.3 is 5.97 Å². The van der Waals surface area contributed by atoms with E-state index in [4.69, 9.17) is 0 Å². The van der Waals surface area contributed by atoms with E-state index >= 15 is 0 Å². The van der Waals surface area contributed by atoms with Gasteiger partial charge in [-0.3, -0.25) is 9.48 Å².